The van der Waals surface area contributed by atoms with Crippen LogP contribution in [0, 0.1) is 0 Å². The van der Waals surface area contributed by atoms with Crippen LogP contribution in [0.2, 0.25) is 0 Å². The van der Waals surface area contributed by atoms with Crippen molar-refractivity contribution >= 4 is 33.6 Å². The van der Waals surface area contributed by atoms with E-state index in [1.807, 2.05) is 66.7 Å². The van der Waals surface area contributed by atoms with E-state index < -0.39 is 12.1 Å². The summed E-state index contributed by atoms with van der Waals surface area (Å²) in [6.07, 6.45) is 0.772. The van der Waals surface area contributed by atoms with Crippen molar-refractivity contribution in [1.29, 1.82) is 0 Å². The van der Waals surface area contributed by atoms with Gasteiger partial charge in [-0.05, 0) is 29.3 Å². The average Bonchev–Trinajstić information content (AvgIpc) is 3.17. The molecule has 152 valence electrons. The molecule has 0 bridgehead atoms. The van der Waals surface area contributed by atoms with E-state index in [2.05, 4.69) is 0 Å². The number of esters is 1. The zero-order chi connectivity index (χ0) is 21.1. The van der Waals surface area contributed by atoms with Crippen LogP contribution in [0.1, 0.15) is 18.1 Å². The van der Waals surface area contributed by atoms with Crippen LogP contribution >= 0.6 is 0 Å². The van der Waals surface area contributed by atoms with E-state index in [0.29, 0.717) is 6.54 Å². The summed E-state index contributed by atoms with van der Waals surface area (Å²) in [6, 6.07) is 21.5. The first kappa shape index (κ1) is 19.7. The van der Waals surface area contributed by atoms with Gasteiger partial charge in [-0.1, -0.05) is 60.7 Å². The number of likely N-dealkylation sites (N-methyl/N-ethyl adjacent to an activating group) is 1. The second-order valence-corrected chi connectivity index (χ2v) is 7.41. The summed E-state index contributed by atoms with van der Waals surface area (Å²) >= 11 is 0. The molecule has 0 N–H and O–H groups in total. The molecule has 0 fully saturated rings. The lowest BCUT2D eigenvalue weighted by atomic mass is 10.0. The minimum Gasteiger partial charge on any atom is -0.464 e. The van der Waals surface area contributed by atoms with Crippen molar-refractivity contribution in [3.63, 3.8) is 0 Å². The second-order valence-electron chi connectivity index (χ2n) is 7.41. The van der Waals surface area contributed by atoms with Gasteiger partial charge in [0, 0.05) is 24.5 Å². The number of carbonyl (C=O) groups is 2. The molecule has 0 aliphatic heterocycles. The van der Waals surface area contributed by atoms with Crippen LogP contribution in [0.25, 0.3) is 21.7 Å². The summed E-state index contributed by atoms with van der Waals surface area (Å²) in [7, 11) is 1.70. The Hall–Kier alpha value is -3.60. The quantitative estimate of drug-likeness (QED) is 0.439. The SMILES string of the molecule is C[C@H](OC(=O)Cc1coc2ccc3ccccc3c12)C(=O)N(C)Cc1ccccc1. The lowest BCUT2D eigenvalue weighted by molar-refractivity contribution is -0.158. The van der Waals surface area contributed by atoms with Gasteiger partial charge in [0.1, 0.15) is 5.58 Å². The highest BCUT2D eigenvalue weighted by Crippen LogP contribution is 2.30. The van der Waals surface area contributed by atoms with E-state index in [4.69, 9.17) is 9.15 Å². The number of fused-ring (bicyclic) bond motifs is 3. The molecule has 5 heteroatoms. The summed E-state index contributed by atoms with van der Waals surface area (Å²) < 4.78 is 11.1. The van der Waals surface area contributed by atoms with Crippen molar-refractivity contribution in [2.24, 2.45) is 0 Å². The molecule has 1 atom stereocenters. The molecule has 30 heavy (non-hydrogen) atoms. The van der Waals surface area contributed by atoms with Gasteiger partial charge in [0.2, 0.25) is 0 Å². The highest BCUT2D eigenvalue weighted by atomic mass is 16.5. The molecule has 1 heterocycles. The fraction of sp³-hybridized carbons (Fsp3) is 0.200. The Balaban J connectivity index is 1.44. The van der Waals surface area contributed by atoms with Gasteiger partial charge in [0.05, 0.1) is 12.7 Å². The van der Waals surface area contributed by atoms with Gasteiger partial charge < -0.3 is 14.1 Å². The molecule has 1 aromatic heterocycles. The summed E-state index contributed by atoms with van der Waals surface area (Å²) in [4.78, 5) is 26.7. The second kappa shape index (κ2) is 8.41. The zero-order valence-corrected chi connectivity index (χ0v) is 17.0. The summed E-state index contributed by atoms with van der Waals surface area (Å²) in [5.74, 6) is -0.700. The smallest absolute Gasteiger partial charge is 0.311 e. The summed E-state index contributed by atoms with van der Waals surface area (Å²) in [5.41, 5.74) is 2.50. The fourth-order valence-electron chi connectivity index (χ4n) is 3.69. The van der Waals surface area contributed by atoms with E-state index in [0.717, 1.165) is 32.9 Å². The molecule has 4 rings (SSSR count). The Labute approximate surface area is 174 Å². The number of ether oxygens (including phenoxy) is 1. The van der Waals surface area contributed by atoms with Crippen molar-refractivity contribution in [1.82, 2.24) is 4.90 Å². The van der Waals surface area contributed by atoms with Crippen molar-refractivity contribution in [3.05, 3.63) is 84.1 Å². The number of hydrogen-bond donors (Lipinski definition) is 0. The zero-order valence-electron chi connectivity index (χ0n) is 17.0. The van der Waals surface area contributed by atoms with Crippen LogP contribution in [-0.2, 0) is 27.3 Å². The Morgan fingerprint density at radius 3 is 2.53 bits per heavy atom. The normalized spacial score (nSPS) is 12.1. The largest absolute Gasteiger partial charge is 0.464 e. The number of rotatable bonds is 6. The molecular formula is C25H23NO4. The van der Waals surface area contributed by atoms with Crippen LogP contribution in [0.4, 0.5) is 0 Å². The maximum atomic E-state index is 12.6. The van der Waals surface area contributed by atoms with E-state index in [1.54, 1.807) is 25.1 Å². The Kier molecular flexibility index (Phi) is 5.53. The number of hydrogen-bond acceptors (Lipinski definition) is 4. The number of nitrogens with zero attached hydrogens (tertiary/aromatic N) is 1. The van der Waals surface area contributed by atoms with Crippen molar-refractivity contribution < 1.29 is 18.7 Å². The van der Waals surface area contributed by atoms with E-state index in [-0.39, 0.29) is 12.3 Å². The van der Waals surface area contributed by atoms with Gasteiger partial charge in [0.25, 0.3) is 5.91 Å². The highest BCUT2D eigenvalue weighted by Gasteiger charge is 2.23. The van der Waals surface area contributed by atoms with Crippen molar-refractivity contribution in [2.45, 2.75) is 26.0 Å². The van der Waals surface area contributed by atoms with Gasteiger partial charge in [0.15, 0.2) is 6.10 Å². The molecule has 0 unspecified atom stereocenters. The van der Waals surface area contributed by atoms with Crippen LogP contribution in [0.5, 0.6) is 0 Å². The third kappa shape index (κ3) is 4.06. The molecular weight excluding hydrogens is 378 g/mol. The first-order valence-electron chi connectivity index (χ1n) is 9.89. The van der Waals surface area contributed by atoms with E-state index in [9.17, 15) is 9.59 Å². The minimum absolute atomic E-state index is 0.0427. The lowest BCUT2D eigenvalue weighted by Gasteiger charge is -2.21. The molecule has 0 saturated carbocycles. The molecule has 4 aromatic rings. The van der Waals surface area contributed by atoms with Gasteiger partial charge in [-0.15, -0.1) is 0 Å². The predicted octanol–water partition coefficient (Wildman–Crippen LogP) is 4.72. The van der Waals surface area contributed by atoms with E-state index >= 15 is 0 Å². The number of carbonyl (C=O) groups excluding carboxylic acids is 2. The van der Waals surface area contributed by atoms with Gasteiger partial charge in [-0.3, -0.25) is 9.59 Å². The maximum Gasteiger partial charge on any atom is 0.311 e. The maximum absolute atomic E-state index is 12.6. The first-order chi connectivity index (χ1) is 14.5. The van der Waals surface area contributed by atoms with Crippen LogP contribution in [0.15, 0.2) is 77.4 Å². The molecule has 0 aliphatic rings. The third-order valence-corrected chi connectivity index (χ3v) is 5.17. The van der Waals surface area contributed by atoms with Crippen LogP contribution < -0.4 is 0 Å². The average molecular weight is 401 g/mol. The Bertz CT molecular complexity index is 1200. The molecule has 0 aliphatic carbocycles. The fourth-order valence-corrected chi connectivity index (χ4v) is 3.69. The molecule has 1 amide bonds. The predicted molar refractivity (Wildman–Crippen MR) is 116 cm³/mol. The number of benzene rings is 3. The molecule has 0 spiro atoms. The van der Waals surface area contributed by atoms with E-state index in [1.165, 1.54) is 0 Å². The van der Waals surface area contributed by atoms with Crippen LogP contribution in [0.3, 0.4) is 0 Å². The first-order valence-corrected chi connectivity index (χ1v) is 9.89. The van der Waals surface area contributed by atoms with Crippen molar-refractivity contribution in [3.8, 4) is 0 Å². The highest BCUT2D eigenvalue weighted by molar-refractivity contribution is 6.08. The number of furan rings is 1. The monoisotopic (exact) mass is 401 g/mol. The molecule has 5 nitrogen and oxygen atoms in total. The Morgan fingerprint density at radius 1 is 1.00 bits per heavy atom. The lowest BCUT2D eigenvalue weighted by Crippen LogP contribution is -2.37. The van der Waals surface area contributed by atoms with Gasteiger partial charge in [-0.2, -0.15) is 0 Å². The standard InChI is InChI=1S/C25H23NO4/c1-17(25(28)26(2)15-18-8-4-3-5-9-18)30-23(27)14-20-16-29-22-13-12-19-10-6-7-11-21(19)24(20)22/h3-13,16-17H,14-15H2,1-2H3/t17-/m0/s1. The van der Waals surface area contributed by atoms with Crippen LogP contribution in [-0.4, -0.2) is 29.9 Å². The molecule has 3 aromatic carbocycles. The topological polar surface area (TPSA) is 59.8 Å². The third-order valence-electron chi connectivity index (χ3n) is 5.17. The Morgan fingerprint density at radius 2 is 1.73 bits per heavy atom. The van der Waals surface area contributed by atoms with Gasteiger partial charge >= 0.3 is 5.97 Å². The summed E-state index contributed by atoms with van der Waals surface area (Å²) in [6.45, 7) is 2.06. The summed E-state index contributed by atoms with van der Waals surface area (Å²) in [5, 5.41) is 3.01. The van der Waals surface area contributed by atoms with Gasteiger partial charge in [-0.25, -0.2) is 0 Å². The molecule has 0 saturated heterocycles. The number of amides is 1. The van der Waals surface area contributed by atoms with Crippen molar-refractivity contribution in [2.75, 3.05) is 7.05 Å². The molecule has 0 radical (unpaired) electrons. The minimum atomic E-state index is -0.860.